The van der Waals surface area contributed by atoms with Crippen molar-refractivity contribution in [3.8, 4) is 0 Å². The number of sulfonamides is 1. The van der Waals surface area contributed by atoms with E-state index in [9.17, 15) is 18.0 Å². The van der Waals surface area contributed by atoms with E-state index in [1.165, 1.54) is 31.5 Å². The number of nitrogens with zero attached hydrogens (tertiary/aromatic N) is 3. The molecule has 2 aliphatic heterocycles. The minimum absolute atomic E-state index is 0.0138. The van der Waals surface area contributed by atoms with Crippen LogP contribution in [-0.4, -0.2) is 75.8 Å². The number of carbonyl (C=O) groups is 2. The van der Waals surface area contributed by atoms with Crippen LogP contribution in [0.2, 0.25) is 0 Å². The summed E-state index contributed by atoms with van der Waals surface area (Å²) in [5, 5.41) is 6.75. The number of piperidine rings is 1. The fourth-order valence-electron chi connectivity index (χ4n) is 4.35. The Labute approximate surface area is 199 Å². The molecule has 33 heavy (non-hydrogen) atoms. The van der Waals surface area contributed by atoms with Gasteiger partial charge >= 0.3 is 0 Å². The van der Waals surface area contributed by atoms with E-state index in [-0.39, 0.29) is 22.8 Å². The zero-order valence-corrected chi connectivity index (χ0v) is 20.6. The monoisotopic (exact) mass is 490 g/mol. The van der Waals surface area contributed by atoms with Gasteiger partial charge in [-0.3, -0.25) is 9.59 Å². The van der Waals surface area contributed by atoms with Gasteiger partial charge in [-0.1, -0.05) is 0 Å². The lowest BCUT2D eigenvalue weighted by atomic mass is 10.0. The van der Waals surface area contributed by atoms with Crippen molar-refractivity contribution < 1.29 is 18.0 Å². The van der Waals surface area contributed by atoms with Gasteiger partial charge in [0.25, 0.3) is 11.8 Å². The quantitative estimate of drug-likeness (QED) is 0.672. The Balaban J connectivity index is 1.51. The van der Waals surface area contributed by atoms with Crippen molar-refractivity contribution >= 4 is 38.9 Å². The lowest BCUT2D eigenvalue weighted by molar-refractivity contribution is 0.0698. The second-order valence-corrected chi connectivity index (χ2v) is 11.6. The third kappa shape index (κ3) is 5.07. The lowest BCUT2D eigenvalue weighted by Gasteiger charge is -2.33. The number of amides is 2. The Kier molecular flexibility index (Phi) is 7.06. The molecule has 2 saturated heterocycles. The fraction of sp³-hybridized carbons (Fsp3) is 0.478. The summed E-state index contributed by atoms with van der Waals surface area (Å²) in [6.45, 7) is 2.74. The summed E-state index contributed by atoms with van der Waals surface area (Å²) in [4.78, 5) is 29.9. The molecule has 0 unspecified atom stereocenters. The van der Waals surface area contributed by atoms with E-state index in [0.717, 1.165) is 35.9 Å². The van der Waals surface area contributed by atoms with Crippen LogP contribution in [0.5, 0.6) is 0 Å². The summed E-state index contributed by atoms with van der Waals surface area (Å²) in [6, 6.07) is 6.69. The predicted molar refractivity (Wildman–Crippen MR) is 129 cm³/mol. The Morgan fingerprint density at radius 3 is 2.36 bits per heavy atom. The third-order valence-corrected chi connectivity index (χ3v) is 8.82. The average molecular weight is 491 g/mol. The van der Waals surface area contributed by atoms with E-state index in [0.29, 0.717) is 37.1 Å². The number of likely N-dealkylation sites (tertiary alicyclic amines) is 1. The van der Waals surface area contributed by atoms with Crippen molar-refractivity contribution in [2.45, 2.75) is 36.6 Å². The maximum absolute atomic E-state index is 13.5. The zero-order valence-electron chi connectivity index (χ0n) is 19.0. The van der Waals surface area contributed by atoms with Crippen molar-refractivity contribution in [1.29, 1.82) is 0 Å². The topological polar surface area (TPSA) is 90.0 Å². The van der Waals surface area contributed by atoms with Crippen LogP contribution in [0.4, 0.5) is 5.69 Å². The Morgan fingerprint density at radius 2 is 1.76 bits per heavy atom. The number of rotatable bonds is 6. The lowest BCUT2D eigenvalue weighted by Crippen LogP contribution is -2.46. The Morgan fingerprint density at radius 1 is 1.06 bits per heavy atom. The highest BCUT2D eigenvalue weighted by molar-refractivity contribution is 7.89. The number of hydrogen-bond acceptors (Lipinski definition) is 6. The number of nitrogens with one attached hydrogen (secondary N) is 1. The van der Waals surface area contributed by atoms with E-state index in [4.69, 9.17) is 0 Å². The molecule has 0 saturated carbocycles. The zero-order chi connectivity index (χ0) is 23.6. The highest BCUT2D eigenvalue weighted by Gasteiger charge is 2.29. The van der Waals surface area contributed by atoms with Gasteiger partial charge in [0.1, 0.15) is 0 Å². The molecule has 2 aromatic rings. The Bertz CT molecular complexity index is 1100. The van der Waals surface area contributed by atoms with E-state index in [1.807, 2.05) is 10.8 Å². The molecule has 1 aromatic carbocycles. The summed E-state index contributed by atoms with van der Waals surface area (Å²) < 4.78 is 26.6. The van der Waals surface area contributed by atoms with Gasteiger partial charge in [0.15, 0.2) is 0 Å². The molecule has 3 heterocycles. The number of carbonyl (C=O) groups excluding carboxylic acids is 2. The van der Waals surface area contributed by atoms with Crippen LogP contribution in [0.3, 0.4) is 0 Å². The van der Waals surface area contributed by atoms with Gasteiger partial charge in [-0.15, -0.1) is 0 Å². The molecule has 4 rings (SSSR count). The van der Waals surface area contributed by atoms with Crippen molar-refractivity contribution in [2.24, 2.45) is 0 Å². The summed E-state index contributed by atoms with van der Waals surface area (Å²) in [7, 11) is -0.677. The van der Waals surface area contributed by atoms with Crippen LogP contribution < -0.4 is 10.2 Å². The van der Waals surface area contributed by atoms with E-state index < -0.39 is 10.0 Å². The number of benzene rings is 1. The first-order valence-corrected chi connectivity index (χ1v) is 13.6. The fourth-order valence-corrected chi connectivity index (χ4v) is 5.92. The number of thiophene rings is 1. The van der Waals surface area contributed by atoms with Crippen LogP contribution in [0, 0.1) is 0 Å². The molecule has 178 valence electrons. The molecule has 8 nitrogen and oxygen atoms in total. The van der Waals surface area contributed by atoms with Gasteiger partial charge in [-0.2, -0.15) is 11.3 Å². The van der Waals surface area contributed by atoms with Crippen molar-refractivity contribution in [3.05, 3.63) is 46.2 Å². The summed E-state index contributed by atoms with van der Waals surface area (Å²) in [6.07, 6.45) is 3.44. The van der Waals surface area contributed by atoms with Crippen molar-refractivity contribution in [2.75, 3.05) is 45.2 Å². The highest BCUT2D eigenvalue weighted by Crippen LogP contribution is 2.30. The minimum atomic E-state index is -3.65. The molecule has 0 spiro atoms. The minimum Gasteiger partial charge on any atom is -0.371 e. The summed E-state index contributed by atoms with van der Waals surface area (Å²) in [5.74, 6) is -0.241. The van der Waals surface area contributed by atoms with Crippen LogP contribution in [0.15, 0.2) is 39.9 Å². The standard InChI is InChI=1S/C23H30N4O4S2/c1-25(2)33(30,31)19-5-6-21(26-10-3-4-11-26)20(15-19)23(29)27-12-7-18(8-13-27)24-22(28)17-9-14-32-16-17/h5-6,9,14-16,18H,3-4,7-8,10-13H2,1-2H3,(H,24,28). The van der Waals surface area contributed by atoms with Crippen LogP contribution in [0.1, 0.15) is 46.4 Å². The second-order valence-electron chi connectivity index (χ2n) is 8.71. The number of hydrogen-bond donors (Lipinski definition) is 1. The molecule has 0 bridgehead atoms. The van der Waals surface area contributed by atoms with Gasteiger partial charge in [0.2, 0.25) is 10.0 Å². The molecule has 1 aromatic heterocycles. The maximum Gasteiger partial charge on any atom is 0.256 e. The molecule has 10 heteroatoms. The molecule has 2 aliphatic rings. The highest BCUT2D eigenvalue weighted by atomic mass is 32.2. The Hall–Kier alpha value is -2.43. The van der Waals surface area contributed by atoms with Crippen molar-refractivity contribution in [1.82, 2.24) is 14.5 Å². The molecular weight excluding hydrogens is 460 g/mol. The molecular formula is C23H30N4O4S2. The van der Waals surface area contributed by atoms with E-state index in [2.05, 4.69) is 10.2 Å². The summed E-state index contributed by atoms with van der Waals surface area (Å²) in [5.41, 5.74) is 1.89. The molecule has 2 fully saturated rings. The summed E-state index contributed by atoms with van der Waals surface area (Å²) >= 11 is 1.48. The third-order valence-electron chi connectivity index (χ3n) is 6.32. The normalized spacial score (nSPS) is 17.5. The second kappa shape index (κ2) is 9.82. The average Bonchev–Trinajstić information content (AvgIpc) is 3.53. The van der Waals surface area contributed by atoms with Gasteiger partial charge in [-0.05, 0) is 55.3 Å². The van der Waals surface area contributed by atoms with E-state index in [1.54, 1.807) is 23.1 Å². The first-order chi connectivity index (χ1) is 15.8. The van der Waals surface area contributed by atoms with Gasteiger partial charge < -0.3 is 15.1 Å². The largest absolute Gasteiger partial charge is 0.371 e. The van der Waals surface area contributed by atoms with Crippen LogP contribution in [0.25, 0.3) is 0 Å². The SMILES string of the molecule is CN(C)S(=O)(=O)c1ccc(N2CCCC2)c(C(=O)N2CCC(NC(=O)c3ccsc3)CC2)c1. The number of anilines is 1. The first-order valence-electron chi connectivity index (χ1n) is 11.2. The maximum atomic E-state index is 13.5. The molecule has 1 N–H and O–H groups in total. The van der Waals surface area contributed by atoms with Gasteiger partial charge in [-0.25, -0.2) is 12.7 Å². The smallest absolute Gasteiger partial charge is 0.256 e. The van der Waals surface area contributed by atoms with Crippen molar-refractivity contribution in [3.63, 3.8) is 0 Å². The van der Waals surface area contributed by atoms with Crippen LogP contribution in [-0.2, 0) is 10.0 Å². The predicted octanol–water partition coefficient (Wildman–Crippen LogP) is 2.63. The molecule has 0 aliphatic carbocycles. The molecule has 2 amide bonds. The van der Waals surface area contributed by atoms with E-state index >= 15 is 0 Å². The molecule has 0 radical (unpaired) electrons. The van der Waals surface area contributed by atoms with Gasteiger partial charge in [0, 0.05) is 62.9 Å². The van der Waals surface area contributed by atoms with Gasteiger partial charge in [0.05, 0.1) is 10.5 Å². The first kappa shape index (κ1) is 23.7. The van der Waals surface area contributed by atoms with Crippen LogP contribution >= 0.6 is 11.3 Å². The molecule has 0 atom stereocenters.